The maximum absolute atomic E-state index is 14.3. The molecule has 1 aliphatic heterocycles. The molecule has 0 radical (unpaired) electrons. The summed E-state index contributed by atoms with van der Waals surface area (Å²) in [5.41, 5.74) is 1.47. The Bertz CT molecular complexity index is 1500. The van der Waals surface area contributed by atoms with Crippen LogP contribution in [0, 0.1) is 11.7 Å². The molecule has 9 nitrogen and oxygen atoms in total. The molecule has 1 aromatic heterocycles. The van der Waals surface area contributed by atoms with E-state index in [9.17, 15) is 26.3 Å². The SMILES string of the molecule is C[C@H]1CN([C@@H](C)CO)S(=O)(=O)c2ccc(-c3ccncc3)cc2O[C@H]1CN(C)S(=O)(=O)c1ccccc1F. The van der Waals surface area contributed by atoms with E-state index in [2.05, 4.69) is 4.98 Å². The Morgan fingerprint density at radius 3 is 2.50 bits per heavy atom. The number of halogens is 1. The molecule has 12 heteroatoms. The average Bonchev–Trinajstić information content (AvgIpc) is 2.90. The summed E-state index contributed by atoms with van der Waals surface area (Å²) in [5.74, 6) is -1.30. The number of sulfonamides is 2. The minimum absolute atomic E-state index is 0.0200. The van der Waals surface area contributed by atoms with Crippen LogP contribution in [-0.4, -0.2) is 74.4 Å². The zero-order chi connectivity index (χ0) is 27.7. The molecule has 1 N–H and O–H groups in total. The molecule has 0 saturated heterocycles. The number of rotatable bonds is 7. The highest BCUT2D eigenvalue weighted by atomic mass is 32.2. The molecular formula is C26H30FN3O6S2. The lowest BCUT2D eigenvalue weighted by Crippen LogP contribution is -2.50. The van der Waals surface area contributed by atoms with Crippen LogP contribution in [0.1, 0.15) is 13.8 Å². The van der Waals surface area contributed by atoms with Crippen molar-refractivity contribution in [2.75, 3.05) is 26.7 Å². The highest BCUT2D eigenvalue weighted by Crippen LogP contribution is 2.36. The van der Waals surface area contributed by atoms with Crippen molar-refractivity contribution in [2.45, 2.75) is 35.8 Å². The van der Waals surface area contributed by atoms with E-state index in [0.29, 0.717) is 5.56 Å². The first kappa shape index (κ1) is 28.1. The summed E-state index contributed by atoms with van der Waals surface area (Å²) in [6.45, 7) is 2.76. The summed E-state index contributed by atoms with van der Waals surface area (Å²) in [6.07, 6.45) is 2.43. The number of hydrogen-bond acceptors (Lipinski definition) is 7. The van der Waals surface area contributed by atoms with Crippen LogP contribution in [0.15, 0.2) is 76.8 Å². The van der Waals surface area contributed by atoms with Gasteiger partial charge in [-0.05, 0) is 54.4 Å². The Labute approximate surface area is 222 Å². The molecule has 3 aromatic rings. The minimum atomic E-state index is -4.20. The molecule has 204 valence electrons. The van der Waals surface area contributed by atoms with Crippen LogP contribution in [0.5, 0.6) is 5.75 Å². The van der Waals surface area contributed by atoms with Crippen LogP contribution in [0.4, 0.5) is 4.39 Å². The van der Waals surface area contributed by atoms with E-state index in [-0.39, 0.29) is 23.7 Å². The van der Waals surface area contributed by atoms with Crippen LogP contribution >= 0.6 is 0 Å². The largest absolute Gasteiger partial charge is 0.487 e. The second-order valence-electron chi connectivity index (χ2n) is 9.35. The molecule has 0 bridgehead atoms. The van der Waals surface area contributed by atoms with Gasteiger partial charge in [-0.15, -0.1) is 0 Å². The van der Waals surface area contributed by atoms with Gasteiger partial charge in [0.05, 0.1) is 13.2 Å². The Hall–Kier alpha value is -2.90. The highest BCUT2D eigenvalue weighted by Gasteiger charge is 2.39. The molecule has 0 saturated carbocycles. The van der Waals surface area contributed by atoms with Crippen LogP contribution in [0.25, 0.3) is 11.1 Å². The van der Waals surface area contributed by atoms with E-state index in [0.717, 1.165) is 15.9 Å². The predicted molar refractivity (Wildman–Crippen MR) is 140 cm³/mol. The Morgan fingerprint density at radius 2 is 1.84 bits per heavy atom. The third-order valence-electron chi connectivity index (χ3n) is 6.64. The first-order valence-electron chi connectivity index (χ1n) is 12.0. The molecule has 4 rings (SSSR count). The first-order valence-corrected chi connectivity index (χ1v) is 14.9. The van der Waals surface area contributed by atoms with E-state index < -0.39 is 55.4 Å². The van der Waals surface area contributed by atoms with Crippen molar-refractivity contribution in [3.63, 3.8) is 0 Å². The predicted octanol–water partition coefficient (Wildman–Crippen LogP) is 2.98. The maximum atomic E-state index is 14.3. The number of likely N-dealkylation sites (N-methyl/N-ethyl adjacent to an activating group) is 1. The summed E-state index contributed by atoms with van der Waals surface area (Å²) < 4.78 is 76.5. The monoisotopic (exact) mass is 563 g/mol. The molecule has 38 heavy (non-hydrogen) atoms. The number of nitrogens with zero attached hydrogens (tertiary/aromatic N) is 3. The number of fused-ring (bicyclic) bond motifs is 1. The van der Waals surface area contributed by atoms with Gasteiger partial charge in [-0.3, -0.25) is 4.98 Å². The fourth-order valence-electron chi connectivity index (χ4n) is 4.34. The molecule has 2 heterocycles. The van der Waals surface area contributed by atoms with Crippen LogP contribution in [-0.2, 0) is 20.0 Å². The van der Waals surface area contributed by atoms with Crippen LogP contribution in [0.2, 0.25) is 0 Å². The fraction of sp³-hybridized carbons (Fsp3) is 0.346. The summed E-state index contributed by atoms with van der Waals surface area (Å²) in [7, 11) is -6.93. The molecule has 0 spiro atoms. The standard InChI is InChI=1S/C26H30FN3O6S2/c1-18-15-30(19(2)17-31)38(34,35)26-9-8-21(20-10-12-28-13-11-20)14-23(26)36-24(18)16-29(3)37(32,33)25-7-5-4-6-22(25)27/h4-14,18-19,24,31H,15-17H2,1-3H3/t18-,19-,24-/m0/s1. The third-order valence-corrected chi connectivity index (χ3v) is 10.5. The average molecular weight is 564 g/mol. The van der Waals surface area contributed by atoms with Gasteiger partial charge in [-0.1, -0.05) is 25.1 Å². The lowest BCUT2D eigenvalue weighted by atomic mass is 10.0. The van der Waals surface area contributed by atoms with Gasteiger partial charge in [0.15, 0.2) is 0 Å². The lowest BCUT2D eigenvalue weighted by molar-refractivity contribution is 0.0904. The van der Waals surface area contributed by atoms with Crippen LogP contribution in [0.3, 0.4) is 0 Å². The van der Waals surface area contributed by atoms with Gasteiger partial charge >= 0.3 is 0 Å². The summed E-state index contributed by atoms with van der Waals surface area (Å²) in [4.78, 5) is 3.46. The van der Waals surface area contributed by atoms with Crippen molar-refractivity contribution in [1.82, 2.24) is 13.6 Å². The highest BCUT2D eigenvalue weighted by molar-refractivity contribution is 7.89. The van der Waals surface area contributed by atoms with E-state index in [1.54, 1.807) is 50.5 Å². The molecule has 2 aromatic carbocycles. The molecule has 0 unspecified atom stereocenters. The van der Waals surface area contributed by atoms with Crippen molar-refractivity contribution in [3.05, 3.63) is 72.8 Å². The van der Waals surface area contributed by atoms with Crippen molar-refractivity contribution in [2.24, 2.45) is 5.92 Å². The Morgan fingerprint density at radius 1 is 1.16 bits per heavy atom. The smallest absolute Gasteiger partial charge is 0.247 e. The summed E-state index contributed by atoms with van der Waals surface area (Å²) in [5, 5.41) is 9.81. The molecule has 0 amide bonds. The molecule has 0 fully saturated rings. The van der Waals surface area contributed by atoms with Crippen molar-refractivity contribution in [1.29, 1.82) is 0 Å². The zero-order valence-corrected chi connectivity index (χ0v) is 22.9. The number of aliphatic hydroxyl groups is 1. The van der Waals surface area contributed by atoms with E-state index >= 15 is 0 Å². The zero-order valence-electron chi connectivity index (χ0n) is 21.2. The number of aromatic nitrogens is 1. The van der Waals surface area contributed by atoms with E-state index in [4.69, 9.17) is 4.74 Å². The summed E-state index contributed by atoms with van der Waals surface area (Å²) >= 11 is 0. The molecule has 1 aliphatic rings. The number of hydrogen-bond donors (Lipinski definition) is 1. The van der Waals surface area contributed by atoms with Crippen molar-refractivity contribution in [3.8, 4) is 16.9 Å². The van der Waals surface area contributed by atoms with Crippen molar-refractivity contribution < 1.29 is 31.1 Å². The van der Waals surface area contributed by atoms with Gasteiger partial charge in [0.25, 0.3) is 0 Å². The number of benzene rings is 2. The van der Waals surface area contributed by atoms with E-state index in [1.807, 2.05) is 0 Å². The van der Waals surface area contributed by atoms with Gasteiger partial charge in [0, 0.05) is 37.9 Å². The molecule has 3 atom stereocenters. The topological polar surface area (TPSA) is 117 Å². The van der Waals surface area contributed by atoms with Gasteiger partial charge in [-0.2, -0.15) is 8.61 Å². The van der Waals surface area contributed by atoms with Gasteiger partial charge < -0.3 is 9.84 Å². The summed E-state index contributed by atoms with van der Waals surface area (Å²) in [6, 6.07) is 12.6. The normalized spacial score (nSPS) is 20.7. The van der Waals surface area contributed by atoms with E-state index in [1.165, 1.54) is 35.6 Å². The van der Waals surface area contributed by atoms with Gasteiger partial charge in [-0.25, -0.2) is 21.2 Å². The first-order chi connectivity index (χ1) is 18.0. The number of pyridine rings is 1. The number of ether oxygens (including phenoxy) is 1. The quantitative estimate of drug-likeness (QED) is 0.470. The third kappa shape index (κ3) is 5.45. The second-order valence-corrected chi connectivity index (χ2v) is 13.2. The minimum Gasteiger partial charge on any atom is -0.487 e. The van der Waals surface area contributed by atoms with Gasteiger partial charge in [0.1, 0.15) is 27.5 Å². The molecule has 0 aliphatic carbocycles. The second kappa shape index (κ2) is 11.1. The lowest BCUT2D eigenvalue weighted by Gasteiger charge is -2.37. The van der Waals surface area contributed by atoms with Crippen LogP contribution < -0.4 is 4.74 Å². The Kier molecular flexibility index (Phi) is 8.19. The van der Waals surface area contributed by atoms with Crippen molar-refractivity contribution >= 4 is 20.0 Å². The Balaban J connectivity index is 1.78. The number of aliphatic hydroxyl groups excluding tert-OH is 1. The fourth-order valence-corrected chi connectivity index (χ4v) is 7.41. The molecular weight excluding hydrogens is 533 g/mol. The van der Waals surface area contributed by atoms with Gasteiger partial charge in [0.2, 0.25) is 20.0 Å². The maximum Gasteiger partial charge on any atom is 0.247 e.